The smallest absolute Gasteiger partial charge is 0.231 e. The number of nitrogens with one attached hydrogen (secondary N) is 1. The van der Waals surface area contributed by atoms with Gasteiger partial charge in [0.05, 0.1) is 22.2 Å². The molecule has 0 aliphatic carbocycles. The Kier molecular flexibility index (Phi) is 10.8. The van der Waals surface area contributed by atoms with Gasteiger partial charge in [0.1, 0.15) is 0 Å². The van der Waals surface area contributed by atoms with Crippen molar-refractivity contribution in [2.45, 2.75) is 111 Å². The van der Waals surface area contributed by atoms with E-state index in [1.807, 2.05) is 24.7 Å². The molecule has 1 heterocycles. The predicted molar refractivity (Wildman–Crippen MR) is 133 cm³/mol. The van der Waals surface area contributed by atoms with Gasteiger partial charge in [0, 0.05) is 37.9 Å². The number of carbonyl (C=O) groups excluding carboxylic acids is 1. The lowest BCUT2D eigenvalue weighted by Crippen LogP contribution is -2.45. The lowest BCUT2D eigenvalue weighted by molar-refractivity contribution is -0.120. The number of hydrogen-bond acceptors (Lipinski definition) is 5. The molecule has 0 saturated carbocycles. The number of hydrogen-bond donors (Lipinski definition) is 1. The third kappa shape index (κ3) is 12.9. The van der Waals surface area contributed by atoms with Crippen LogP contribution in [0.3, 0.4) is 0 Å². The van der Waals surface area contributed by atoms with Crippen molar-refractivity contribution in [2.24, 2.45) is 5.41 Å². The number of aromatic nitrogens is 3. The van der Waals surface area contributed by atoms with Crippen LogP contribution < -0.4 is 5.32 Å². The van der Waals surface area contributed by atoms with Crippen LogP contribution in [0.25, 0.3) is 0 Å². The Morgan fingerprint density at radius 3 is 2.16 bits per heavy atom. The molecule has 1 aromatic rings. The molecule has 0 bridgehead atoms. The van der Waals surface area contributed by atoms with Gasteiger partial charge in [-0.3, -0.25) is 9.48 Å². The van der Waals surface area contributed by atoms with Crippen molar-refractivity contribution < 1.29 is 14.3 Å². The van der Waals surface area contributed by atoms with Crippen molar-refractivity contribution in [2.75, 3.05) is 18.5 Å². The van der Waals surface area contributed by atoms with Crippen molar-refractivity contribution in [3.8, 4) is 0 Å². The van der Waals surface area contributed by atoms with E-state index in [9.17, 15) is 4.79 Å². The molecule has 7 nitrogen and oxygen atoms in total. The van der Waals surface area contributed by atoms with Crippen molar-refractivity contribution in [3.05, 3.63) is 11.9 Å². The molecular weight excluding hydrogens is 472 g/mol. The number of aryl methyl sites for hydroxylation is 1. The van der Waals surface area contributed by atoms with Gasteiger partial charge in [0.25, 0.3) is 0 Å². The number of alkyl halides is 1. The second-order valence-corrected chi connectivity index (χ2v) is 12.3. The highest BCUT2D eigenvalue weighted by Crippen LogP contribution is 2.22. The highest BCUT2D eigenvalue weighted by molar-refractivity contribution is 9.09. The summed E-state index contributed by atoms with van der Waals surface area (Å²) in [6.45, 7) is 21.2. The van der Waals surface area contributed by atoms with Crippen molar-refractivity contribution >= 4 is 21.8 Å². The average molecular weight is 518 g/mol. The minimum atomic E-state index is -0.369. The lowest BCUT2D eigenvalue weighted by atomic mass is 9.93. The zero-order valence-corrected chi connectivity index (χ0v) is 23.3. The first-order valence-electron chi connectivity index (χ1n) is 11.6. The van der Waals surface area contributed by atoms with Gasteiger partial charge in [-0.1, -0.05) is 41.9 Å². The maximum absolute atomic E-state index is 11.6. The molecule has 1 N–H and O–H groups in total. The van der Waals surface area contributed by atoms with E-state index in [-0.39, 0.29) is 28.1 Å². The lowest BCUT2D eigenvalue weighted by Gasteiger charge is -2.29. The van der Waals surface area contributed by atoms with Gasteiger partial charge in [0.15, 0.2) is 0 Å². The normalized spacial score (nSPS) is 13.4. The number of nitrogens with zero attached hydrogens (tertiary/aromatic N) is 3. The first-order valence-corrected chi connectivity index (χ1v) is 12.7. The Balaban J connectivity index is 2.46. The molecule has 8 heteroatoms. The minimum absolute atomic E-state index is 0.0198. The topological polar surface area (TPSA) is 78.3 Å². The summed E-state index contributed by atoms with van der Waals surface area (Å²) in [5.41, 5.74) is 0.311. The number of halogens is 1. The first kappa shape index (κ1) is 29.0. The molecule has 32 heavy (non-hydrogen) atoms. The van der Waals surface area contributed by atoms with E-state index < -0.39 is 0 Å². The molecule has 0 aliphatic rings. The Morgan fingerprint density at radius 2 is 1.56 bits per heavy atom. The Morgan fingerprint density at radius 1 is 0.969 bits per heavy atom. The molecule has 0 spiro atoms. The van der Waals surface area contributed by atoms with E-state index in [0.717, 1.165) is 38.1 Å². The van der Waals surface area contributed by atoms with Crippen LogP contribution in [0, 0.1) is 5.41 Å². The third-order valence-corrected chi connectivity index (χ3v) is 5.81. The van der Waals surface area contributed by atoms with E-state index in [4.69, 9.17) is 9.47 Å². The van der Waals surface area contributed by atoms with Gasteiger partial charge >= 0.3 is 0 Å². The molecule has 0 aromatic carbocycles. The summed E-state index contributed by atoms with van der Waals surface area (Å²) in [6.07, 6.45) is 5.31. The van der Waals surface area contributed by atoms with Crippen LogP contribution in [0.5, 0.6) is 0 Å². The molecular formula is C24H45BrN4O3. The molecule has 1 rings (SSSR count). The second-order valence-electron chi connectivity index (χ2n) is 11.7. The van der Waals surface area contributed by atoms with Crippen molar-refractivity contribution in [1.82, 2.24) is 20.3 Å². The SMILES string of the molecule is CC(C)(C)CCOC(C)(C)CCn1cc(CC(C)(C)OCCC(C)(C)NC(=O)CBr)nn1. The fraction of sp³-hybridized carbons (Fsp3) is 0.875. The van der Waals surface area contributed by atoms with E-state index in [1.54, 1.807) is 0 Å². The molecule has 0 unspecified atom stereocenters. The molecule has 0 aliphatic heterocycles. The van der Waals surface area contributed by atoms with Crippen LogP contribution in [-0.2, 0) is 27.2 Å². The summed E-state index contributed by atoms with van der Waals surface area (Å²) in [5.74, 6) is -0.0198. The second kappa shape index (κ2) is 11.9. The molecule has 1 aromatic heterocycles. The van der Waals surface area contributed by atoms with E-state index in [2.05, 4.69) is 80.0 Å². The fourth-order valence-electron chi connectivity index (χ4n) is 3.16. The number of rotatable bonds is 14. The maximum Gasteiger partial charge on any atom is 0.231 e. The Labute approximate surface area is 203 Å². The van der Waals surface area contributed by atoms with E-state index >= 15 is 0 Å². The van der Waals surface area contributed by atoms with Gasteiger partial charge in [-0.05, 0) is 66.2 Å². The first-order chi connectivity index (χ1) is 14.5. The maximum atomic E-state index is 11.6. The largest absolute Gasteiger partial charge is 0.375 e. The molecule has 186 valence electrons. The third-order valence-electron chi connectivity index (χ3n) is 5.30. The van der Waals surface area contributed by atoms with Crippen LogP contribution in [0.1, 0.15) is 87.3 Å². The standard InChI is InChI=1S/C24H45BrN4O3/c1-21(2,3)11-14-31-23(6,7)10-13-29-18-19(27-28-29)16-24(8,9)32-15-12-22(4,5)26-20(30)17-25/h18H,10-17H2,1-9H3,(H,26,30). The number of carbonyl (C=O) groups is 1. The van der Waals surface area contributed by atoms with Crippen LogP contribution in [-0.4, -0.2) is 56.2 Å². The zero-order valence-electron chi connectivity index (χ0n) is 21.7. The van der Waals surface area contributed by atoms with Gasteiger partial charge in [-0.25, -0.2) is 0 Å². The van der Waals surface area contributed by atoms with E-state index in [0.29, 0.717) is 18.4 Å². The molecule has 0 radical (unpaired) electrons. The monoisotopic (exact) mass is 516 g/mol. The molecule has 1 amide bonds. The summed E-state index contributed by atoms with van der Waals surface area (Å²) in [5, 5.41) is 11.9. The fourth-order valence-corrected chi connectivity index (χ4v) is 3.30. The average Bonchev–Trinajstić information content (AvgIpc) is 3.04. The zero-order chi connectivity index (χ0) is 24.6. The minimum Gasteiger partial charge on any atom is -0.375 e. The van der Waals surface area contributed by atoms with Crippen LogP contribution >= 0.6 is 15.9 Å². The summed E-state index contributed by atoms with van der Waals surface area (Å²) in [4.78, 5) is 11.6. The summed E-state index contributed by atoms with van der Waals surface area (Å²) in [7, 11) is 0. The highest BCUT2D eigenvalue weighted by Gasteiger charge is 2.25. The van der Waals surface area contributed by atoms with Crippen molar-refractivity contribution in [3.63, 3.8) is 0 Å². The van der Waals surface area contributed by atoms with Crippen LogP contribution in [0.4, 0.5) is 0 Å². The molecule has 0 saturated heterocycles. The Bertz CT molecular complexity index is 708. The predicted octanol–water partition coefficient (Wildman–Crippen LogP) is 4.92. The van der Waals surface area contributed by atoms with E-state index in [1.165, 1.54) is 0 Å². The summed E-state index contributed by atoms with van der Waals surface area (Å²) < 4.78 is 14.1. The van der Waals surface area contributed by atoms with Crippen LogP contribution in [0.2, 0.25) is 0 Å². The molecule has 0 atom stereocenters. The summed E-state index contributed by atoms with van der Waals surface area (Å²) in [6, 6.07) is 0. The van der Waals surface area contributed by atoms with Gasteiger partial charge in [-0.15, -0.1) is 5.10 Å². The Hall–Kier alpha value is -0.990. The van der Waals surface area contributed by atoms with Crippen LogP contribution in [0.15, 0.2) is 6.20 Å². The number of amides is 1. The van der Waals surface area contributed by atoms with Gasteiger partial charge in [0.2, 0.25) is 5.91 Å². The van der Waals surface area contributed by atoms with Gasteiger partial charge in [-0.2, -0.15) is 0 Å². The molecule has 0 fully saturated rings. The van der Waals surface area contributed by atoms with Crippen molar-refractivity contribution in [1.29, 1.82) is 0 Å². The summed E-state index contributed by atoms with van der Waals surface area (Å²) >= 11 is 3.18. The quantitative estimate of drug-likeness (QED) is 0.355. The number of ether oxygens (including phenoxy) is 2. The highest BCUT2D eigenvalue weighted by atomic mass is 79.9. The van der Waals surface area contributed by atoms with Gasteiger partial charge < -0.3 is 14.8 Å².